The van der Waals surface area contributed by atoms with E-state index in [4.69, 9.17) is 0 Å². The second-order valence-electron chi connectivity index (χ2n) is 7.33. The molecule has 1 aliphatic heterocycles. The van der Waals surface area contributed by atoms with E-state index < -0.39 is 0 Å². The van der Waals surface area contributed by atoms with E-state index in [-0.39, 0.29) is 24.0 Å². The molecular formula is C19H33IN4S. The van der Waals surface area contributed by atoms with Gasteiger partial charge in [-0.3, -0.25) is 9.89 Å². The molecule has 1 saturated carbocycles. The van der Waals surface area contributed by atoms with E-state index in [1.54, 1.807) is 0 Å². The van der Waals surface area contributed by atoms with Crippen LogP contribution in [0.15, 0.2) is 22.5 Å². The molecule has 0 radical (unpaired) electrons. The van der Waals surface area contributed by atoms with Crippen molar-refractivity contribution in [3.05, 3.63) is 22.4 Å². The van der Waals surface area contributed by atoms with Gasteiger partial charge in [0.25, 0.3) is 0 Å². The van der Waals surface area contributed by atoms with E-state index in [0.29, 0.717) is 12.0 Å². The third-order valence-electron chi connectivity index (χ3n) is 5.63. The highest BCUT2D eigenvalue weighted by molar-refractivity contribution is 14.0. The van der Waals surface area contributed by atoms with Gasteiger partial charge in [0.1, 0.15) is 0 Å². The highest BCUT2D eigenvalue weighted by atomic mass is 127. The second-order valence-corrected chi connectivity index (χ2v) is 8.31. The van der Waals surface area contributed by atoms with Gasteiger partial charge in [-0.1, -0.05) is 18.9 Å². The topological polar surface area (TPSA) is 39.7 Å². The van der Waals surface area contributed by atoms with Crippen LogP contribution in [0.1, 0.15) is 49.4 Å². The summed E-state index contributed by atoms with van der Waals surface area (Å²) in [4.78, 5) is 8.45. The van der Waals surface area contributed by atoms with E-state index >= 15 is 0 Å². The van der Waals surface area contributed by atoms with E-state index in [2.05, 4.69) is 45.1 Å². The number of likely N-dealkylation sites (tertiary alicyclic amines) is 1. The normalized spacial score (nSPS) is 25.6. The highest BCUT2D eigenvalue weighted by Gasteiger charge is 2.31. The SMILES string of the molecule is CN=C(NCC1CCCC1)NCC1CCCN(C)C1c1cccs1.I. The third kappa shape index (κ3) is 5.82. The summed E-state index contributed by atoms with van der Waals surface area (Å²) in [6, 6.07) is 5.01. The Morgan fingerprint density at radius 3 is 2.64 bits per heavy atom. The Labute approximate surface area is 173 Å². The molecule has 2 aliphatic rings. The van der Waals surface area contributed by atoms with Gasteiger partial charge in [0.2, 0.25) is 0 Å². The molecule has 1 aliphatic carbocycles. The Morgan fingerprint density at radius 1 is 1.20 bits per heavy atom. The standard InChI is InChI=1S/C19H32N4S.HI/c1-20-19(21-13-15-7-3-4-8-15)22-14-16-9-5-11-23(2)18(16)17-10-6-12-24-17;/h6,10,12,15-16,18H,3-5,7-9,11,13-14H2,1-2H3,(H2,20,21,22);1H. The zero-order chi connectivity index (χ0) is 16.8. The zero-order valence-corrected chi connectivity index (χ0v) is 18.7. The average molecular weight is 476 g/mol. The maximum absolute atomic E-state index is 4.42. The van der Waals surface area contributed by atoms with Gasteiger partial charge in [0, 0.05) is 31.1 Å². The number of aliphatic imine (C=N–C) groups is 1. The number of nitrogens with one attached hydrogen (secondary N) is 2. The van der Waals surface area contributed by atoms with Gasteiger partial charge in [-0.15, -0.1) is 35.3 Å². The summed E-state index contributed by atoms with van der Waals surface area (Å²) >= 11 is 1.89. The largest absolute Gasteiger partial charge is 0.356 e. The summed E-state index contributed by atoms with van der Waals surface area (Å²) in [5, 5.41) is 9.33. The number of nitrogens with zero attached hydrogens (tertiary/aromatic N) is 2. The molecule has 6 heteroatoms. The van der Waals surface area contributed by atoms with Crippen LogP contribution in [0, 0.1) is 11.8 Å². The minimum Gasteiger partial charge on any atom is -0.356 e. The van der Waals surface area contributed by atoms with Crippen molar-refractivity contribution in [2.75, 3.05) is 33.7 Å². The molecule has 1 aromatic rings. The van der Waals surface area contributed by atoms with Gasteiger partial charge >= 0.3 is 0 Å². The summed E-state index contributed by atoms with van der Waals surface area (Å²) in [5.74, 6) is 2.45. The molecule has 0 spiro atoms. The van der Waals surface area contributed by atoms with Crippen molar-refractivity contribution in [3.63, 3.8) is 0 Å². The Balaban J connectivity index is 0.00000225. The van der Waals surface area contributed by atoms with Gasteiger partial charge in [-0.2, -0.15) is 0 Å². The van der Waals surface area contributed by atoms with Gasteiger partial charge in [0.15, 0.2) is 5.96 Å². The quantitative estimate of drug-likeness (QED) is 0.382. The van der Waals surface area contributed by atoms with Crippen molar-refractivity contribution in [3.8, 4) is 0 Å². The van der Waals surface area contributed by atoms with Crippen LogP contribution in [-0.2, 0) is 0 Å². The van der Waals surface area contributed by atoms with Crippen molar-refractivity contribution < 1.29 is 0 Å². The van der Waals surface area contributed by atoms with Crippen molar-refractivity contribution in [2.45, 2.75) is 44.6 Å². The first-order valence-electron chi connectivity index (χ1n) is 9.46. The van der Waals surface area contributed by atoms with E-state index in [9.17, 15) is 0 Å². The Hall–Kier alpha value is -0.340. The van der Waals surface area contributed by atoms with E-state index in [0.717, 1.165) is 25.0 Å². The summed E-state index contributed by atoms with van der Waals surface area (Å²) in [7, 11) is 4.15. The van der Waals surface area contributed by atoms with Gasteiger partial charge in [-0.25, -0.2) is 0 Å². The summed E-state index contributed by atoms with van der Waals surface area (Å²) in [5.41, 5.74) is 0. The number of rotatable bonds is 5. The molecule has 2 N–H and O–H groups in total. The van der Waals surface area contributed by atoms with Crippen molar-refractivity contribution in [1.82, 2.24) is 15.5 Å². The molecule has 0 bridgehead atoms. The molecule has 2 unspecified atom stereocenters. The van der Waals surface area contributed by atoms with Crippen LogP contribution in [0.2, 0.25) is 0 Å². The Bertz CT molecular complexity index is 514. The predicted molar refractivity (Wildman–Crippen MR) is 119 cm³/mol. The number of piperidine rings is 1. The Kier molecular flexibility index (Phi) is 8.99. The molecule has 25 heavy (non-hydrogen) atoms. The lowest BCUT2D eigenvalue weighted by atomic mass is 9.88. The number of guanidine groups is 1. The fourth-order valence-electron chi connectivity index (χ4n) is 4.29. The molecule has 142 valence electrons. The molecule has 0 amide bonds. The number of halogens is 1. The van der Waals surface area contributed by atoms with E-state index in [1.807, 2.05) is 18.4 Å². The lowest BCUT2D eigenvalue weighted by Gasteiger charge is -2.39. The molecule has 4 nitrogen and oxygen atoms in total. The van der Waals surface area contributed by atoms with Gasteiger partial charge in [-0.05, 0) is 62.6 Å². The van der Waals surface area contributed by atoms with E-state index in [1.165, 1.54) is 49.9 Å². The monoisotopic (exact) mass is 476 g/mol. The minimum absolute atomic E-state index is 0. The molecule has 1 saturated heterocycles. The molecule has 3 rings (SSSR count). The molecule has 2 fully saturated rings. The molecule has 2 atom stereocenters. The van der Waals surface area contributed by atoms with Crippen LogP contribution in [0.3, 0.4) is 0 Å². The van der Waals surface area contributed by atoms with Crippen LogP contribution < -0.4 is 10.6 Å². The average Bonchev–Trinajstić information content (AvgIpc) is 3.29. The lowest BCUT2D eigenvalue weighted by molar-refractivity contribution is 0.125. The Morgan fingerprint density at radius 2 is 1.96 bits per heavy atom. The highest BCUT2D eigenvalue weighted by Crippen LogP contribution is 2.36. The summed E-state index contributed by atoms with van der Waals surface area (Å²) in [6.45, 7) is 3.27. The first-order valence-corrected chi connectivity index (χ1v) is 10.3. The van der Waals surface area contributed by atoms with Crippen LogP contribution in [0.4, 0.5) is 0 Å². The van der Waals surface area contributed by atoms with Crippen molar-refractivity contribution in [2.24, 2.45) is 16.8 Å². The predicted octanol–water partition coefficient (Wildman–Crippen LogP) is 4.10. The first kappa shape index (κ1) is 21.0. The maximum Gasteiger partial charge on any atom is 0.190 e. The first-order chi connectivity index (χ1) is 11.8. The summed E-state index contributed by atoms with van der Waals surface area (Å²) in [6.07, 6.45) is 8.12. The van der Waals surface area contributed by atoms with Crippen LogP contribution in [-0.4, -0.2) is 44.6 Å². The molecule has 0 aromatic carbocycles. The van der Waals surface area contributed by atoms with Crippen LogP contribution in [0.5, 0.6) is 0 Å². The second kappa shape index (κ2) is 10.7. The summed E-state index contributed by atoms with van der Waals surface area (Å²) < 4.78 is 0. The lowest BCUT2D eigenvalue weighted by Crippen LogP contribution is -2.45. The van der Waals surface area contributed by atoms with Crippen molar-refractivity contribution in [1.29, 1.82) is 0 Å². The van der Waals surface area contributed by atoms with Gasteiger partial charge in [0.05, 0.1) is 0 Å². The number of hydrogen-bond acceptors (Lipinski definition) is 3. The maximum atomic E-state index is 4.42. The van der Waals surface area contributed by atoms with Crippen LogP contribution >= 0.6 is 35.3 Å². The fourth-order valence-corrected chi connectivity index (χ4v) is 5.27. The van der Waals surface area contributed by atoms with Gasteiger partial charge < -0.3 is 10.6 Å². The fraction of sp³-hybridized carbons (Fsp3) is 0.737. The smallest absolute Gasteiger partial charge is 0.190 e. The number of thiophene rings is 1. The zero-order valence-electron chi connectivity index (χ0n) is 15.5. The molecular weight excluding hydrogens is 443 g/mol. The number of hydrogen-bond donors (Lipinski definition) is 2. The third-order valence-corrected chi connectivity index (χ3v) is 6.57. The molecule has 1 aromatic heterocycles. The molecule has 2 heterocycles. The van der Waals surface area contributed by atoms with Crippen molar-refractivity contribution >= 4 is 41.3 Å². The van der Waals surface area contributed by atoms with Crippen LogP contribution in [0.25, 0.3) is 0 Å². The minimum atomic E-state index is 0.